The van der Waals surface area contributed by atoms with Crippen LogP contribution in [0.2, 0.25) is 0 Å². The van der Waals surface area contributed by atoms with Crippen LogP contribution in [0.25, 0.3) is 0 Å². The average Bonchev–Trinajstić information content (AvgIpc) is 2.50. The highest BCUT2D eigenvalue weighted by Gasteiger charge is 2.53. The van der Waals surface area contributed by atoms with E-state index in [4.69, 9.17) is 9.31 Å². The molecule has 1 saturated heterocycles. The third-order valence-corrected chi connectivity index (χ3v) is 4.68. The molecule has 0 aromatic heterocycles. The minimum absolute atomic E-state index is 0.118. The number of halogens is 5. The van der Waals surface area contributed by atoms with Gasteiger partial charge in [0.15, 0.2) is 0 Å². The van der Waals surface area contributed by atoms with Crippen molar-refractivity contribution in [2.24, 2.45) is 0 Å². The van der Waals surface area contributed by atoms with Gasteiger partial charge in [-0.2, -0.15) is 13.2 Å². The highest BCUT2D eigenvalue weighted by Crippen LogP contribution is 2.37. The number of benzene rings is 1. The summed E-state index contributed by atoms with van der Waals surface area (Å²) in [6.07, 6.45) is -4.55. The van der Waals surface area contributed by atoms with E-state index in [1.54, 1.807) is 27.7 Å². The van der Waals surface area contributed by atoms with Gasteiger partial charge in [0.1, 0.15) is 5.82 Å². The Morgan fingerprint density at radius 3 is 1.95 bits per heavy atom. The van der Waals surface area contributed by atoms with Crippen LogP contribution in [0.15, 0.2) is 12.1 Å². The Bertz CT molecular complexity index is 556. The van der Waals surface area contributed by atoms with Gasteiger partial charge in [0.25, 0.3) is 0 Å². The molecule has 116 valence electrons. The van der Waals surface area contributed by atoms with E-state index in [0.717, 1.165) is 12.1 Å². The Kier molecular flexibility index (Phi) is 4.13. The molecule has 2 nitrogen and oxygen atoms in total. The smallest absolute Gasteiger partial charge is 0.399 e. The summed E-state index contributed by atoms with van der Waals surface area (Å²) in [4.78, 5) is 0. The molecule has 1 aliphatic heterocycles. The van der Waals surface area contributed by atoms with E-state index in [-0.39, 0.29) is 9.03 Å². The molecule has 2 rings (SSSR count). The quantitative estimate of drug-likeness (QED) is 0.395. The molecule has 1 heterocycles. The summed E-state index contributed by atoms with van der Waals surface area (Å²) in [7, 11) is -1.16. The van der Waals surface area contributed by atoms with Crippen LogP contribution in [0.4, 0.5) is 17.6 Å². The second-order valence-corrected chi connectivity index (χ2v) is 7.11. The van der Waals surface area contributed by atoms with Crippen LogP contribution in [-0.4, -0.2) is 18.3 Å². The molecule has 0 radical (unpaired) electrons. The average molecular weight is 416 g/mol. The molecular formula is C13H14BF4IO2. The molecule has 1 fully saturated rings. The Balaban J connectivity index is 2.48. The lowest BCUT2D eigenvalue weighted by atomic mass is 9.78. The fraction of sp³-hybridized carbons (Fsp3) is 0.538. The van der Waals surface area contributed by atoms with Gasteiger partial charge in [0.2, 0.25) is 0 Å². The molecule has 0 bridgehead atoms. The lowest BCUT2D eigenvalue weighted by Gasteiger charge is -2.32. The van der Waals surface area contributed by atoms with E-state index in [2.05, 4.69) is 0 Å². The van der Waals surface area contributed by atoms with Gasteiger partial charge in [-0.1, -0.05) is 0 Å². The second-order valence-electron chi connectivity index (χ2n) is 5.95. The first-order valence-corrected chi connectivity index (χ1v) is 7.35. The van der Waals surface area contributed by atoms with E-state index in [1.807, 2.05) is 0 Å². The lowest BCUT2D eigenvalue weighted by molar-refractivity contribution is -0.137. The number of alkyl halides is 3. The number of hydrogen-bond donors (Lipinski definition) is 0. The SMILES string of the molecule is CC1(C)OB(c2cc(C(F)(F)F)cc(I)c2F)OC1(C)C. The first-order valence-electron chi connectivity index (χ1n) is 6.27. The zero-order valence-corrected chi connectivity index (χ0v) is 14.1. The summed E-state index contributed by atoms with van der Waals surface area (Å²) in [5.74, 6) is -0.748. The van der Waals surface area contributed by atoms with Crippen molar-refractivity contribution >= 4 is 35.2 Å². The van der Waals surface area contributed by atoms with E-state index in [1.165, 1.54) is 22.6 Å². The highest BCUT2D eigenvalue weighted by atomic mass is 127. The molecule has 8 heteroatoms. The standard InChI is InChI=1S/C13H14BF4IO2/c1-11(2)12(3,4)21-14(20-11)8-5-7(13(16,17)18)6-9(19)10(8)15/h5-6H,1-4H3. The third-order valence-electron chi connectivity index (χ3n) is 3.89. The highest BCUT2D eigenvalue weighted by molar-refractivity contribution is 14.1. The maximum Gasteiger partial charge on any atom is 0.497 e. The minimum atomic E-state index is -4.55. The van der Waals surface area contributed by atoms with E-state index in [0.29, 0.717) is 0 Å². The molecule has 0 saturated carbocycles. The molecule has 0 amide bonds. The van der Waals surface area contributed by atoms with E-state index >= 15 is 0 Å². The summed E-state index contributed by atoms with van der Waals surface area (Å²) in [5, 5.41) is 0. The van der Waals surface area contributed by atoms with Crippen molar-refractivity contribution in [1.82, 2.24) is 0 Å². The summed E-state index contributed by atoms with van der Waals surface area (Å²) in [5.41, 5.74) is -2.64. The molecule has 1 aliphatic rings. The zero-order valence-electron chi connectivity index (χ0n) is 11.9. The predicted octanol–water partition coefficient (Wildman–Crippen LogP) is 3.75. The summed E-state index contributed by atoms with van der Waals surface area (Å²) in [6.45, 7) is 7.01. The molecule has 21 heavy (non-hydrogen) atoms. The van der Waals surface area contributed by atoms with Gasteiger partial charge >= 0.3 is 13.3 Å². The number of hydrogen-bond acceptors (Lipinski definition) is 2. The van der Waals surface area contributed by atoms with Crippen LogP contribution in [0.3, 0.4) is 0 Å². The molecule has 1 aromatic rings. The van der Waals surface area contributed by atoms with Crippen molar-refractivity contribution in [2.75, 3.05) is 0 Å². The normalized spacial score (nSPS) is 20.9. The summed E-state index contributed by atoms with van der Waals surface area (Å²) in [6, 6.07) is 1.52. The van der Waals surface area contributed by atoms with Gasteiger partial charge in [-0.3, -0.25) is 0 Å². The molecule has 0 unspecified atom stereocenters. The van der Waals surface area contributed by atoms with E-state index < -0.39 is 35.9 Å². The maximum absolute atomic E-state index is 14.2. The van der Waals surface area contributed by atoms with Gasteiger partial charge in [-0.25, -0.2) is 4.39 Å². The van der Waals surface area contributed by atoms with E-state index in [9.17, 15) is 17.6 Å². The Hall–Kier alpha value is -0.345. The number of rotatable bonds is 1. The monoisotopic (exact) mass is 416 g/mol. The molecule has 0 aliphatic carbocycles. The molecule has 0 N–H and O–H groups in total. The van der Waals surface area contributed by atoms with Gasteiger partial charge in [-0.15, -0.1) is 0 Å². The van der Waals surface area contributed by atoms with Crippen molar-refractivity contribution in [3.63, 3.8) is 0 Å². The zero-order chi connectivity index (χ0) is 16.2. The van der Waals surface area contributed by atoms with Crippen LogP contribution in [-0.2, 0) is 15.5 Å². The van der Waals surface area contributed by atoms with Gasteiger partial charge in [0.05, 0.1) is 16.8 Å². The van der Waals surface area contributed by atoms with Crippen LogP contribution < -0.4 is 5.46 Å². The Morgan fingerprint density at radius 2 is 1.52 bits per heavy atom. The van der Waals surface area contributed by atoms with Crippen LogP contribution in [0, 0.1) is 9.39 Å². The molecule has 1 aromatic carbocycles. The summed E-state index contributed by atoms with van der Waals surface area (Å²) < 4.78 is 63.9. The van der Waals surface area contributed by atoms with Gasteiger partial charge < -0.3 is 9.31 Å². The van der Waals surface area contributed by atoms with Crippen LogP contribution >= 0.6 is 22.6 Å². The Morgan fingerprint density at radius 1 is 1.05 bits per heavy atom. The lowest BCUT2D eigenvalue weighted by Crippen LogP contribution is -2.41. The molecule has 0 atom stereocenters. The second kappa shape index (κ2) is 5.09. The van der Waals surface area contributed by atoms with Crippen molar-refractivity contribution in [1.29, 1.82) is 0 Å². The first kappa shape index (κ1) is 17.0. The van der Waals surface area contributed by atoms with Gasteiger partial charge in [0, 0.05) is 9.03 Å². The maximum atomic E-state index is 14.2. The fourth-order valence-corrected chi connectivity index (χ4v) is 2.56. The van der Waals surface area contributed by atoms with Crippen molar-refractivity contribution < 1.29 is 26.9 Å². The third kappa shape index (κ3) is 3.07. The molecular weight excluding hydrogens is 402 g/mol. The largest absolute Gasteiger partial charge is 0.497 e. The predicted molar refractivity (Wildman–Crippen MR) is 79.8 cm³/mol. The van der Waals surface area contributed by atoms with Crippen LogP contribution in [0.5, 0.6) is 0 Å². The Labute approximate surface area is 134 Å². The minimum Gasteiger partial charge on any atom is -0.399 e. The molecule has 0 spiro atoms. The van der Waals surface area contributed by atoms with Crippen molar-refractivity contribution in [2.45, 2.75) is 45.1 Å². The van der Waals surface area contributed by atoms with Crippen molar-refractivity contribution in [3.05, 3.63) is 27.1 Å². The fourth-order valence-electron chi connectivity index (χ4n) is 1.92. The van der Waals surface area contributed by atoms with Crippen LogP contribution in [0.1, 0.15) is 33.3 Å². The van der Waals surface area contributed by atoms with Crippen molar-refractivity contribution in [3.8, 4) is 0 Å². The van der Waals surface area contributed by atoms with Gasteiger partial charge in [-0.05, 0) is 62.4 Å². The topological polar surface area (TPSA) is 18.5 Å². The summed E-state index contributed by atoms with van der Waals surface area (Å²) >= 11 is 1.53. The first-order chi connectivity index (χ1) is 9.35.